The van der Waals surface area contributed by atoms with Crippen LogP contribution >= 0.6 is 22.7 Å². The molecule has 4 aromatic heterocycles. The zero-order valence-corrected chi connectivity index (χ0v) is 36.5. The second kappa shape index (κ2) is 14.3. The maximum atomic E-state index is 6.69. The highest BCUT2D eigenvalue weighted by Crippen LogP contribution is 2.47. The number of hydrogen-bond donors (Lipinski definition) is 0. The van der Waals surface area contributed by atoms with Gasteiger partial charge in [-0.2, -0.15) is 0 Å². The van der Waals surface area contributed by atoms with Crippen molar-refractivity contribution in [2.24, 2.45) is 0 Å². The van der Waals surface area contributed by atoms with Crippen LogP contribution in [0, 0.1) is 0 Å². The average molecular weight is 862 g/mol. The number of hydrogen-bond acceptors (Lipinski definition) is 4. The summed E-state index contributed by atoms with van der Waals surface area (Å²) in [7, 11) is 0. The summed E-state index contributed by atoms with van der Waals surface area (Å²) in [6, 6.07) is 77.5. The Bertz CT molecular complexity index is 4100. The Morgan fingerprint density at radius 2 is 0.800 bits per heavy atom. The van der Waals surface area contributed by atoms with Crippen LogP contribution in [0.3, 0.4) is 0 Å². The first-order valence-electron chi connectivity index (χ1n) is 22.0. The second-order valence-electron chi connectivity index (χ2n) is 17.0. The summed E-state index contributed by atoms with van der Waals surface area (Å²) >= 11 is 3.74. The van der Waals surface area contributed by atoms with E-state index in [9.17, 15) is 0 Å². The Hall–Kier alpha value is -7.89. The monoisotopic (exact) mass is 861 g/mol. The zero-order valence-electron chi connectivity index (χ0n) is 34.9. The minimum Gasteiger partial charge on any atom is -0.456 e. The summed E-state index contributed by atoms with van der Waals surface area (Å²) in [5, 5.41) is 10.9. The lowest BCUT2D eigenvalue weighted by Gasteiger charge is -2.16. The molecule has 0 spiro atoms. The number of aromatic nitrogens is 1. The molecule has 0 amide bonds. The van der Waals surface area contributed by atoms with Crippen molar-refractivity contribution < 1.29 is 4.42 Å². The van der Waals surface area contributed by atoms with Crippen LogP contribution in [-0.4, -0.2) is 4.98 Å². The van der Waals surface area contributed by atoms with Gasteiger partial charge in [-0.25, -0.2) is 4.98 Å². The molecule has 0 aliphatic carbocycles. The smallest absolute Gasteiger partial charge is 0.136 e. The molecule has 0 fully saturated rings. The fraction of sp³-hybridized carbons (Fsp3) is 0. The zero-order chi connectivity index (χ0) is 42.6. The highest BCUT2D eigenvalue weighted by Gasteiger charge is 2.22. The average Bonchev–Trinajstić information content (AvgIpc) is 4.06. The van der Waals surface area contributed by atoms with Crippen molar-refractivity contribution in [3.8, 4) is 55.8 Å². The predicted octanol–water partition coefficient (Wildman–Crippen LogP) is 18.4. The Kier molecular flexibility index (Phi) is 8.06. The van der Waals surface area contributed by atoms with Gasteiger partial charge in [0.25, 0.3) is 0 Å². The van der Waals surface area contributed by atoms with Crippen molar-refractivity contribution in [3.05, 3.63) is 212 Å². The van der Waals surface area contributed by atoms with E-state index in [0.29, 0.717) is 0 Å². The lowest BCUT2D eigenvalue weighted by molar-refractivity contribution is 0.669. The van der Waals surface area contributed by atoms with Gasteiger partial charge >= 0.3 is 0 Å². The van der Waals surface area contributed by atoms with Crippen molar-refractivity contribution in [3.63, 3.8) is 0 Å². The predicted molar refractivity (Wildman–Crippen MR) is 279 cm³/mol. The maximum Gasteiger partial charge on any atom is 0.136 e. The van der Waals surface area contributed by atoms with E-state index < -0.39 is 0 Å². The van der Waals surface area contributed by atoms with E-state index in [1.54, 1.807) is 0 Å². The van der Waals surface area contributed by atoms with E-state index in [-0.39, 0.29) is 0 Å². The molecule has 14 aromatic rings. The van der Waals surface area contributed by atoms with Crippen LogP contribution in [-0.2, 0) is 0 Å². The van der Waals surface area contributed by atoms with Crippen molar-refractivity contribution in [2.45, 2.75) is 0 Å². The lowest BCUT2D eigenvalue weighted by atomic mass is 9.88. The van der Waals surface area contributed by atoms with Crippen LogP contribution in [0.5, 0.6) is 0 Å². The summed E-state index contributed by atoms with van der Waals surface area (Å²) < 4.78 is 11.9. The summed E-state index contributed by atoms with van der Waals surface area (Å²) in [6.07, 6.45) is 0. The highest BCUT2D eigenvalue weighted by atomic mass is 32.1. The van der Waals surface area contributed by atoms with E-state index >= 15 is 0 Å². The molecule has 10 aromatic carbocycles. The van der Waals surface area contributed by atoms with Crippen LogP contribution < -0.4 is 0 Å². The van der Waals surface area contributed by atoms with Gasteiger partial charge in [0.1, 0.15) is 11.2 Å². The molecule has 0 aliphatic rings. The van der Waals surface area contributed by atoms with Crippen molar-refractivity contribution >= 4 is 107 Å². The number of fused-ring (bicyclic) bond motifs is 12. The van der Waals surface area contributed by atoms with Gasteiger partial charge in [-0.15, -0.1) is 22.7 Å². The van der Waals surface area contributed by atoms with E-state index in [0.717, 1.165) is 66.2 Å². The van der Waals surface area contributed by atoms with Gasteiger partial charge in [-0.3, -0.25) is 0 Å². The first-order chi connectivity index (χ1) is 32.2. The molecule has 0 saturated heterocycles. The number of pyridine rings is 1. The van der Waals surface area contributed by atoms with E-state index in [4.69, 9.17) is 9.40 Å². The van der Waals surface area contributed by atoms with Gasteiger partial charge in [0.15, 0.2) is 0 Å². The number of nitrogens with zero attached hydrogens (tertiary/aromatic N) is 1. The third-order valence-electron chi connectivity index (χ3n) is 13.2. The SMILES string of the molecule is c1ccc(-c2nc3ccccc3c3c(-c4ccc(-c5cc(-c6ccc7c(c6)sc6ccccc67)cc(-c6ccc7c(c6)sc6ccccc67)c5)cc4)c4c(cc23)oc2ccccc24)cc1. The van der Waals surface area contributed by atoms with Gasteiger partial charge < -0.3 is 4.42 Å². The molecule has 4 heteroatoms. The van der Waals surface area contributed by atoms with Gasteiger partial charge in [-0.05, 0) is 99.6 Å². The van der Waals surface area contributed by atoms with Crippen molar-refractivity contribution in [1.29, 1.82) is 0 Å². The standard InChI is InChI=1S/C61H35NOS2/c1-2-12-38(13-3-1)61-50-35-53-60(49-17-5-9-19-52(49)63-53)58(59(50)48-16-4-8-18-51(48)62-61)37-24-22-36(23-25-37)41-30-42(39-26-28-46-44-14-6-10-20-54(44)64-56(46)33-39)32-43(31-41)40-27-29-47-45-15-7-11-21-55(45)65-57(47)34-40/h1-35H. The van der Waals surface area contributed by atoms with Crippen LogP contribution in [0.2, 0.25) is 0 Å². The molecule has 302 valence electrons. The molecule has 0 radical (unpaired) electrons. The molecule has 14 rings (SSSR count). The fourth-order valence-electron chi connectivity index (χ4n) is 10.2. The minimum atomic E-state index is 0.857. The number of para-hydroxylation sites is 2. The summed E-state index contributed by atoms with van der Waals surface area (Å²) in [5.41, 5.74) is 14.2. The molecule has 0 atom stereocenters. The molecular weight excluding hydrogens is 827 g/mol. The van der Waals surface area contributed by atoms with Crippen LogP contribution in [0.1, 0.15) is 0 Å². The molecule has 65 heavy (non-hydrogen) atoms. The molecule has 0 aliphatic heterocycles. The summed E-state index contributed by atoms with van der Waals surface area (Å²) in [6.45, 7) is 0. The molecular formula is C61H35NOS2. The third-order valence-corrected chi connectivity index (χ3v) is 15.5. The number of furan rings is 1. The molecule has 0 unspecified atom stereocenters. The first-order valence-corrected chi connectivity index (χ1v) is 23.6. The first kappa shape index (κ1) is 36.6. The van der Waals surface area contributed by atoms with Crippen LogP contribution in [0.25, 0.3) is 140 Å². The van der Waals surface area contributed by atoms with E-state index in [1.807, 2.05) is 22.7 Å². The fourth-order valence-corrected chi connectivity index (χ4v) is 12.5. The Labute approximate surface area is 381 Å². The van der Waals surface area contributed by atoms with E-state index in [2.05, 4.69) is 212 Å². The highest BCUT2D eigenvalue weighted by molar-refractivity contribution is 7.26. The Morgan fingerprint density at radius 1 is 0.292 bits per heavy atom. The van der Waals surface area contributed by atoms with E-state index in [1.165, 1.54) is 73.5 Å². The summed E-state index contributed by atoms with van der Waals surface area (Å²) in [4.78, 5) is 5.30. The van der Waals surface area contributed by atoms with Gasteiger partial charge in [0.05, 0.1) is 11.2 Å². The third kappa shape index (κ3) is 5.81. The molecule has 0 saturated carbocycles. The minimum absolute atomic E-state index is 0.857. The lowest BCUT2D eigenvalue weighted by Crippen LogP contribution is -1.93. The maximum absolute atomic E-state index is 6.69. The number of benzene rings is 10. The summed E-state index contributed by atoms with van der Waals surface area (Å²) in [5.74, 6) is 0. The van der Waals surface area contributed by atoms with Gasteiger partial charge in [0, 0.05) is 78.4 Å². The number of thiophene rings is 2. The molecule has 4 heterocycles. The van der Waals surface area contributed by atoms with Crippen LogP contribution in [0.4, 0.5) is 0 Å². The topological polar surface area (TPSA) is 26.0 Å². The second-order valence-corrected chi connectivity index (χ2v) is 19.2. The Balaban J connectivity index is 0.981. The van der Waals surface area contributed by atoms with Crippen LogP contribution in [0.15, 0.2) is 217 Å². The Morgan fingerprint density at radius 3 is 1.46 bits per heavy atom. The number of rotatable bonds is 5. The van der Waals surface area contributed by atoms with Crippen molar-refractivity contribution in [1.82, 2.24) is 4.98 Å². The molecule has 0 N–H and O–H groups in total. The molecule has 0 bridgehead atoms. The largest absolute Gasteiger partial charge is 0.456 e. The van der Waals surface area contributed by atoms with Gasteiger partial charge in [0.2, 0.25) is 0 Å². The quantitative estimate of drug-likeness (QED) is 0.161. The normalized spacial score (nSPS) is 12.0. The van der Waals surface area contributed by atoms with Gasteiger partial charge in [-0.1, -0.05) is 152 Å². The van der Waals surface area contributed by atoms with Crippen molar-refractivity contribution in [2.75, 3.05) is 0 Å². The molecule has 2 nitrogen and oxygen atoms in total.